The van der Waals surface area contributed by atoms with Gasteiger partial charge in [-0.15, -0.1) is 0 Å². The van der Waals surface area contributed by atoms with Gasteiger partial charge in [-0.1, -0.05) is 26.8 Å². The van der Waals surface area contributed by atoms with Gasteiger partial charge < -0.3 is 15.3 Å². The van der Waals surface area contributed by atoms with Crippen LogP contribution in [0.25, 0.3) is 0 Å². The first-order valence-electron chi connectivity index (χ1n) is 8.69. The molecule has 134 valence electrons. The molecule has 0 aliphatic carbocycles. The zero-order chi connectivity index (χ0) is 17.9. The van der Waals surface area contributed by atoms with Crippen LogP contribution in [0.15, 0.2) is 18.2 Å². The molecule has 0 saturated carbocycles. The molecule has 0 spiro atoms. The Morgan fingerprint density at radius 3 is 2.58 bits per heavy atom. The Hall–Kier alpha value is -1.75. The molecule has 1 aliphatic heterocycles. The number of carbonyl (C=O) groups is 1. The smallest absolute Gasteiger partial charge is 0.407 e. The number of aryl methyl sites for hydroxylation is 1. The van der Waals surface area contributed by atoms with Crippen LogP contribution in [0.4, 0.5) is 10.5 Å². The third-order valence-corrected chi connectivity index (χ3v) is 4.69. The number of rotatable bonds is 4. The SMILES string of the molecule is CNc1ccc(CN2CCN(C(=O)O)[C@@H](CC(C)(C)C)C2)c(C)c1. The fourth-order valence-electron chi connectivity index (χ4n) is 3.47. The Labute approximate surface area is 145 Å². The summed E-state index contributed by atoms with van der Waals surface area (Å²) in [4.78, 5) is 15.6. The van der Waals surface area contributed by atoms with Gasteiger partial charge in [0.2, 0.25) is 0 Å². The molecule has 1 aromatic rings. The summed E-state index contributed by atoms with van der Waals surface area (Å²) in [5.74, 6) is 0. The summed E-state index contributed by atoms with van der Waals surface area (Å²) in [6.07, 6.45) is 0.0893. The molecule has 24 heavy (non-hydrogen) atoms. The van der Waals surface area contributed by atoms with E-state index in [9.17, 15) is 9.90 Å². The zero-order valence-electron chi connectivity index (χ0n) is 15.6. The van der Waals surface area contributed by atoms with E-state index in [-0.39, 0.29) is 11.5 Å². The van der Waals surface area contributed by atoms with Crippen LogP contribution in [0.2, 0.25) is 0 Å². The number of amides is 1. The number of nitrogens with one attached hydrogen (secondary N) is 1. The van der Waals surface area contributed by atoms with Gasteiger partial charge in [-0.05, 0) is 42.0 Å². The van der Waals surface area contributed by atoms with Crippen LogP contribution in [0.5, 0.6) is 0 Å². The Morgan fingerprint density at radius 1 is 1.33 bits per heavy atom. The maximum absolute atomic E-state index is 11.5. The van der Waals surface area contributed by atoms with Gasteiger partial charge in [0.1, 0.15) is 0 Å². The summed E-state index contributed by atoms with van der Waals surface area (Å²) in [6, 6.07) is 6.50. The van der Waals surface area contributed by atoms with Crippen molar-refractivity contribution < 1.29 is 9.90 Å². The molecule has 1 amide bonds. The highest BCUT2D eigenvalue weighted by atomic mass is 16.4. The van der Waals surface area contributed by atoms with Gasteiger partial charge in [-0.25, -0.2) is 4.79 Å². The Bertz CT molecular complexity index is 580. The molecule has 0 bridgehead atoms. The van der Waals surface area contributed by atoms with E-state index in [2.05, 4.69) is 56.1 Å². The standard InChI is InChI=1S/C19H31N3O2/c1-14-10-16(20-5)7-6-15(14)12-21-8-9-22(18(23)24)17(13-21)11-19(2,3)4/h6-7,10,17,20H,8-9,11-13H2,1-5H3,(H,23,24)/t17-/m0/s1. The lowest BCUT2D eigenvalue weighted by molar-refractivity contribution is 0.0479. The van der Waals surface area contributed by atoms with Crippen molar-refractivity contribution in [3.63, 3.8) is 0 Å². The van der Waals surface area contributed by atoms with Crippen molar-refractivity contribution in [1.82, 2.24) is 9.80 Å². The Morgan fingerprint density at radius 2 is 2.04 bits per heavy atom. The molecule has 5 heteroatoms. The highest BCUT2D eigenvalue weighted by molar-refractivity contribution is 5.65. The fraction of sp³-hybridized carbons (Fsp3) is 0.632. The quantitative estimate of drug-likeness (QED) is 0.883. The molecule has 2 N–H and O–H groups in total. The van der Waals surface area contributed by atoms with Crippen LogP contribution in [0.1, 0.15) is 38.3 Å². The van der Waals surface area contributed by atoms with Crippen molar-refractivity contribution in [3.8, 4) is 0 Å². The minimum absolute atomic E-state index is 0.0631. The summed E-state index contributed by atoms with van der Waals surface area (Å²) < 4.78 is 0. The molecule has 1 atom stereocenters. The monoisotopic (exact) mass is 333 g/mol. The number of piperazine rings is 1. The molecule has 1 saturated heterocycles. The lowest BCUT2D eigenvalue weighted by Gasteiger charge is -2.42. The van der Waals surface area contributed by atoms with Gasteiger partial charge in [0.05, 0.1) is 0 Å². The van der Waals surface area contributed by atoms with E-state index in [4.69, 9.17) is 0 Å². The van der Waals surface area contributed by atoms with Gasteiger partial charge >= 0.3 is 6.09 Å². The molecule has 1 fully saturated rings. The molecular formula is C19H31N3O2. The molecule has 1 aromatic carbocycles. The molecule has 5 nitrogen and oxygen atoms in total. The minimum Gasteiger partial charge on any atom is -0.465 e. The van der Waals surface area contributed by atoms with E-state index >= 15 is 0 Å². The van der Waals surface area contributed by atoms with E-state index in [0.29, 0.717) is 6.54 Å². The largest absolute Gasteiger partial charge is 0.465 e. The molecule has 2 rings (SSSR count). The highest BCUT2D eigenvalue weighted by Crippen LogP contribution is 2.27. The van der Waals surface area contributed by atoms with Crippen molar-refractivity contribution in [2.75, 3.05) is 32.0 Å². The lowest BCUT2D eigenvalue weighted by Crippen LogP contribution is -2.55. The maximum atomic E-state index is 11.5. The van der Waals surface area contributed by atoms with Crippen LogP contribution in [0.3, 0.4) is 0 Å². The molecule has 0 radical (unpaired) electrons. The van der Waals surface area contributed by atoms with Gasteiger partial charge in [-0.2, -0.15) is 0 Å². The van der Waals surface area contributed by atoms with E-state index in [0.717, 1.165) is 31.7 Å². The van der Waals surface area contributed by atoms with Crippen LogP contribution < -0.4 is 5.32 Å². The second-order valence-electron chi connectivity index (χ2n) is 8.02. The number of anilines is 1. The molecular weight excluding hydrogens is 302 g/mol. The average Bonchev–Trinajstić information content (AvgIpc) is 2.47. The molecule has 0 aromatic heterocycles. The summed E-state index contributed by atoms with van der Waals surface area (Å²) in [7, 11) is 1.93. The number of nitrogens with zero attached hydrogens (tertiary/aromatic N) is 2. The van der Waals surface area contributed by atoms with E-state index in [1.54, 1.807) is 4.90 Å². The Kier molecular flexibility index (Phi) is 5.75. The topological polar surface area (TPSA) is 55.8 Å². The summed E-state index contributed by atoms with van der Waals surface area (Å²) in [5.41, 5.74) is 3.82. The predicted molar refractivity (Wildman–Crippen MR) is 98.6 cm³/mol. The highest BCUT2D eigenvalue weighted by Gasteiger charge is 2.33. The van der Waals surface area contributed by atoms with Crippen molar-refractivity contribution in [1.29, 1.82) is 0 Å². The fourth-order valence-corrected chi connectivity index (χ4v) is 3.47. The minimum atomic E-state index is -0.793. The maximum Gasteiger partial charge on any atom is 0.407 e. The van der Waals surface area contributed by atoms with Gasteiger partial charge in [0, 0.05) is 45.0 Å². The Balaban J connectivity index is 2.08. The molecule has 0 unspecified atom stereocenters. The number of benzene rings is 1. The van der Waals surface area contributed by atoms with E-state index in [1.807, 2.05) is 7.05 Å². The van der Waals surface area contributed by atoms with Crippen LogP contribution in [-0.2, 0) is 6.54 Å². The van der Waals surface area contributed by atoms with Crippen molar-refractivity contribution in [3.05, 3.63) is 29.3 Å². The van der Waals surface area contributed by atoms with Gasteiger partial charge in [0.25, 0.3) is 0 Å². The van der Waals surface area contributed by atoms with Crippen molar-refractivity contribution in [2.24, 2.45) is 5.41 Å². The first kappa shape index (κ1) is 18.6. The summed E-state index contributed by atoms with van der Waals surface area (Å²) >= 11 is 0. The average molecular weight is 333 g/mol. The normalized spacial score (nSPS) is 19.4. The first-order valence-corrected chi connectivity index (χ1v) is 8.69. The second kappa shape index (κ2) is 7.43. The van der Waals surface area contributed by atoms with Gasteiger partial charge in [0.15, 0.2) is 0 Å². The van der Waals surface area contributed by atoms with Crippen LogP contribution in [-0.4, -0.2) is 53.7 Å². The van der Waals surface area contributed by atoms with Crippen LogP contribution >= 0.6 is 0 Å². The summed E-state index contributed by atoms with van der Waals surface area (Å²) in [5, 5.41) is 12.6. The lowest BCUT2D eigenvalue weighted by atomic mass is 9.86. The molecule has 1 aliphatic rings. The van der Waals surface area contributed by atoms with E-state index < -0.39 is 6.09 Å². The molecule has 1 heterocycles. The summed E-state index contributed by atoms with van der Waals surface area (Å²) in [6.45, 7) is 11.7. The third-order valence-electron chi connectivity index (χ3n) is 4.69. The van der Waals surface area contributed by atoms with Crippen LogP contribution in [0, 0.1) is 12.3 Å². The number of hydrogen-bond donors (Lipinski definition) is 2. The third kappa shape index (κ3) is 4.87. The number of hydrogen-bond acceptors (Lipinski definition) is 3. The number of carboxylic acid groups (broad SMARTS) is 1. The van der Waals surface area contributed by atoms with Crippen molar-refractivity contribution >= 4 is 11.8 Å². The zero-order valence-corrected chi connectivity index (χ0v) is 15.6. The predicted octanol–water partition coefficient (Wildman–Crippen LogP) is 3.64. The van der Waals surface area contributed by atoms with Crippen molar-refractivity contribution in [2.45, 2.75) is 46.7 Å². The van der Waals surface area contributed by atoms with E-state index in [1.165, 1.54) is 11.1 Å². The first-order chi connectivity index (χ1) is 11.2. The van der Waals surface area contributed by atoms with Gasteiger partial charge in [-0.3, -0.25) is 4.90 Å². The second-order valence-corrected chi connectivity index (χ2v) is 8.02.